The predicted octanol–water partition coefficient (Wildman–Crippen LogP) is 0.105. The summed E-state index contributed by atoms with van der Waals surface area (Å²) < 4.78 is 8.89. The van der Waals surface area contributed by atoms with Gasteiger partial charge in [0.2, 0.25) is 17.8 Å². The highest BCUT2D eigenvalue weighted by molar-refractivity contribution is 6.19. The molecule has 2 N–H and O–H groups in total. The number of ether oxygens (including phenoxy) is 1. The van der Waals surface area contributed by atoms with Gasteiger partial charge in [-0.25, -0.2) is 13.9 Å². The fourth-order valence-electron chi connectivity index (χ4n) is 3.64. The van der Waals surface area contributed by atoms with Gasteiger partial charge in [-0.3, -0.25) is 19.4 Å². The van der Waals surface area contributed by atoms with Crippen molar-refractivity contribution < 1.29 is 23.7 Å². The van der Waals surface area contributed by atoms with Crippen LogP contribution >= 0.6 is 0 Å². The molecule has 1 aromatic carbocycles. The van der Waals surface area contributed by atoms with Crippen molar-refractivity contribution in [2.45, 2.75) is 19.5 Å². The Kier molecular flexibility index (Phi) is 4.33. The van der Waals surface area contributed by atoms with Gasteiger partial charge in [-0.1, -0.05) is 17.1 Å². The number of hydrogen-bond acceptors (Lipinski definition) is 5. The van der Waals surface area contributed by atoms with Crippen LogP contribution in [0.3, 0.4) is 0 Å². The van der Waals surface area contributed by atoms with Crippen LogP contribution in [0.15, 0.2) is 35.5 Å². The zero-order chi connectivity index (χ0) is 20.9. The lowest BCUT2D eigenvalue weighted by atomic mass is 10.1. The largest absolute Gasteiger partial charge is 0.497 e. The van der Waals surface area contributed by atoms with Crippen molar-refractivity contribution in [3.05, 3.63) is 41.7 Å². The first-order valence-electron chi connectivity index (χ1n) is 9.02. The number of imide groups is 1. The first-order valence-corrected chi connectivity index (χ1v) is 9.02. The van der Waals surface area contributed by atoms with Crippen molar-refractivity contribution >= 4 is 29.6 Å². The second kappa shape index (κ2) is 6.73. The summed E-state index contributed by atoms with van der Waals surface area (Å²) in [6, 6.07) is 6.26. The third kappa shape index (κ3) is 2.93. The fourth-order valence-corrected chi connectivity index (χ4v) is 3.64. The van der Waals surface area contributed by atoms with E-state index in [1.807, 2.05) is 42.0 Å². The lowest BCUT2D eigenvalue weighted by Crippen LogP contribution is -2.63. The molecule has 2 aromatic rings. The molecule has 2 aliphatic heterocycles. The molecular weight excluding hydrogens is 376 g/mol. The average Bonchev–Trinajstić information content (AvgIpc) is 3.20. The van der Waals surface area contributed by atoms with Gasteiger partial charge in [0.25, 0.3) is 5.91 Å². The number of imidazole rings is 1. The fraction of sp³-hybridized carbons (Fsp3) is 0.316. The normalized spacial score (nSPS) is 17.9. The smallest absolute Gasteiger partial charge is 0.402 e. The number of aromatic nitrogens is 2. The van der Waals surface area contributed by atoms with E-state index in [1.165, 1.54) is 11.9 Å². The van der Waals surface area contributed by atoms with Gasteiger partial charge in [0.1, 0.15) is 24.2 Å². The van der Waals surface area contributed by atoms with E-state index in [4.69, 9.17) is 10.5 Å². The number of nitrogens with two attached hydrogens (primary N) is 1. The number of hydrogen-bond donors (Lipinski definition) is 1. The van der Waals surface area contributed by atoms with Gasteiger partial charge in [0.15, 0.2) is 0 Å². The molecule has 0 aliphatic carbocycles. The zero-order valence-electron chi connectivity index (χ0n) is 16.3. The van der Waals surface area contributed by atoms with Crippen molar-refractivity contribution in [2.24, 2.45) is 10.7 Å². The molecule has 2 aliphatic rings. The number of nitrogens with zero attached hydrogens (tertiary/aromatic N) is 5. The average molecular weight is 397 g/mol. The van der Waals surface area contributed by atoms with Crippen LogP contribution in [-0.2, 0) is 16.1 Å². The van der Waals surface area contributed by atoms with Crippen LogP contribution in [0, 0.1) is 6.92 Å². The third-order valence-electron chi connectivity index (χ3n) is 5.14. The van der Waals surface area contributed by atoms with E-state index in [1.54, 1.807) is 11.7 Å². The minimum atomic E-state index is -0.803. The van der Waals surface area contributed by atoms with Crippen LogP contribution in [0.1, 0.15) is 17.3 Å². The lowest BCUT2D eigenvalue weighted by molar-refractivity contribution is -0.677. The second-order valence-corrected chi connectivity index (χ2v) is 7.02. The summed E-state index contributed by atoms with van der Waals surface area (Å²) in [5.41, 5.74) is 7.15. The molecule has 4 rings (SSSR count). The molecule has 1 unspecified atom stereocenters. The van der Waals surface area contributed by atoms with Crippen molar-refractivity contribution in [2.75, 3.05) is 20.7 Å². The Bertz CT molecular complexity index is 1060. The molecule has 1 atom stereocenters. The zero-order valence-corrected chi connectivity index (χ0v) is 16.3. The number of primary amides is 1. The van der Waals surface area contributed by atoms with E-state index in [2.05, 4.69) is 4.99 Å². The van der Waals surface area contributed by atoms with Crippen molar-refractivity contribution in [1.29, 1.82) is 0 Å². The van der Waals surface area contributed by atoms with E-state index in [0.717, 1.165) is 21.9 Å². The van der Waals surface area contributed by atoms with Crippen LogP contribution < -0.4 is 15.0 Å². The monoisotopic (exact) mass is 397 g/mol. The Morgan fingerprint density at radius 1 is 1.28 bits per heavy atom. The maximum atomic E-state index is 13.0. The molecule has 3 heterocycles. The molecule has 10 nitrogen and oxygen atoms in total. The van der Waals surface area contributed by atoms with Crippen molar-refractivity contribution in [3.63, 3.8) is 0 Å². The van der Waals surface area contributed by atoms with Crippen LogP contribution in [0.4, 0.5) is 10.7 Å². The second-order valence-electron chi connectivity index (χ2n) is 7.02. The minimum absolute atomic E-state index is 0.333. The SMILES string of the molecule is COc1ccc(Cn2c(C)c[n+]3c2N=C2C3C(=O)N(CC(N)=O)C(=O)N2C)cc1. The van der Waals surface area contributed by atoms with Gasteiger partial charge < -0.3 is 10.5 Å². The molecule has 0 spiro atoms. The van der Waals surface area contributed by atoms with Crippen LogP contribution in [0.5, 0.6) is 5.75 Å². The molecule has 4 amide bonds. The number of fused-ring (bicyclic) bond motifs is 3. The molecule has 150 valence electrons. The van der Waals surface area contributed by atoms with E-state index >= 15 is 0 Å². The number of rotatable bonds is 5. The van der Waals surface area contributed by atoms with E-state index in [9.17, 15) is 14.4 Å². The van der Waals surface area contributed by atoms with E-state index in [0.29, 0.717) is 18.3 Å². The van der Waals surface area contributed by atoms with Gasteiger partial charge in [0, 0.05) is 7.05 Å². The molecule has 1 saturated heterocycles. The highest BCUT2D eigenvalue weighted by Crippen LogP contribution is 2.29. The molecule has 0 saturated carbocycles. The van der Waals surface area contributed by atoms with Crippen LogP contribution in [-0.4, -0.2) is 58.8 Å². The molecule has 1 fully saturated rings. The quantitative estimate of drug-likeness (QED) is 0.721. The van der Waals surface area contributed by atoms with Gasteiger partial charge >= 0.3 is 12.0 Å². The molecule has 1 aromatic heterocycles. The Labute approximate surface area is 166 Å². The summed E-state index contributed by atoms with van der Waals surface area (Å²) in [7, 11) is 3.14. The molecule has 0 bridgehead atoms. The number of carbonyl (C=O) groups is 3. The molecular formula is C19H21N6O4+. The Morgan fingerprint density at radius 2 is 1.97 bits per heavy atom. The Hall–Kier alpha value is -3.69. The lowest BCUT2D eigenvalue weighted by Gasteiger charge is -2.32. The number of likely N-dealkylation sites (N-methyl/N-ethyl adjacent to an activating group) is 1. The summed E-state index contributed by atoms with van der Waals surface area (Å²) in [5, 5.41) is 0. The summed E-state index contributed by atoms with van der Waals surface area (Å²) in [5.74, 6) is 0.392. The maximum absolute atomic E-state index is 13.0. The summed E-state index contributed by atoms with van der Waals surface area (Å²) in [6.07, 6.45) is 1.82. The van der Waals surface area contributed by atoms with Crippen LogP contribution in [0.2, 0.25) is 0 Å². The number of amides is 4. The maximum Gasteiger partial charge on any atom is 0.402 e. The number of amidine groups is 1. The van der Waals surface area contributed by atoms with Crippen molar-refractivity contribution in [1.82, 2.24) is 14.4 Å². The topological polar surface area (TPSA) is 114 Å². The number of aliphatic imine (C=N–C) groups is 1. The molecule has 0 radical (unpaired) electrons. The number of benzene rings is 1. The first-order chi connectivity index (χ1) is 13.8. The highest BCUT2D eigenvalue weighted by atomic mass is 16.5. The minimum Gasteiger partial charge on any atom is -0.497 e. The summed E-state index contributed by atoms with van der Waals surface area (Å²) in [6.45, 7) is 2.00. The first kappa shape index (κ1) is 18.7. The predicted molar refractivity (Wildman–Crippen MR) is 102 cm³/mol. The Morgan fingerprint density at radius 3 is 2.59 bits per heavy atom. The number of carbonyl (C=O) groups excluding carboxylic acids is 3. The number of methoxy groups -OCH3 is 1. The van der Waals surface area contributed by atoms with Gasteiger partial charge in [-0.2, -0.15) is 0 Å². The van der Waals surface area contributed by atoms with Gasteiger partial charge in [-0.15, -0.1) is 0 Å². The van der Waals surface area contributed by atoms with E-state index in [-0.39, 0.29) is 0 Å². The number of urea groups is 1. The third-order valence-corrected chi connectivity index (χ3v) is 5.14. The van der Waals surface area contributed by atoms with Gasteiger partial charge in [0.05, 0.1) is 13.7 Å². The molecule has 29 heavy (non-hydrogen) atoms. The number of aryl methyl sites for hydroxylation is 1. The standard InChI is InChI=1S/C19H20N6O4/c1-11-8-24-15-16(22(2)19(28)25(17(15)27)10-14(20)26)21-18(24)23(11)9-12-4-6-13(29-3)7-5-12/h4-8,15H,9-10H2,1-3H3,(H-,20,26)/p+1. The van der Waals surface area contributed by atoms with Gasteiger partial charge in [-0.05, 0) is 24.6 Å². The molecule has 10 heteroatoms. The van der Waals surface area contributed by atoms with Crippen LogP contribution in [0.25, 0.3) is 0 Å². The summed E-state index contributed by atoms with van der Waals surface area (Å²) in [4.78, 5) is 43.5. The summed E-state index contributed by atoms with van der Waals surface area (Å²) >= 11 is 0. The van der Waals surface area contributed by atoms with Crippen molar-refractivity contribution in [3.8, 4) is 5.75 Å². The Balaban J connectivity index is 1.71. The van der Waals surface area contributed by atoms with E-state index < -0.39 is 30.4 Å². The highest BCUT2D eigenvalue weighted by Gasteiger charge is 2.53.